The van der Waals surface area contributed by atoms with Crippen molar-refractivity contribution in [2.45, 2.75) is 33.6 Å². The van der Waals surface area contributed by atoms with Crippen LogP contribution in [0.3, 0.4) is 0 Å². The summed E-state index contributed by atoms with van der Waals surface area (Å²) in [6.07, 6.45) is 2.38. The van der Waals surface area contributed by atoms with Crippen LogP contribution in [0.2, 0.25) is 0 Å². The Labute approximate surface area is 144 Å². The van der Waals surface area contributed by atoms with E-state index in [1.807, 2.05) is 6.92 Å². The maximum absolute atomic E-state index is 11.2. The highest BCUT2D eigenvalue weighted by Gasteiger charge is 2.25. The number of aromatic hydroxyl groups is 1. The van der Waals surface area contributed by atoms with E-state index in [1.54, 1.807) is 24.3 Å². The highest BCUT2D eigenvalue weighted by molar-refractivity contribution is 7.16. The molecule has 1 saturated heterocycles. The fraction of sp³-hybridized carbons (Fsp3) is 0.471. The van der Waals surface area contributed by atoms with Gasteiger partial charge in [-0.15, -0.1) is 11.3 Å². The van der Waals surface area contributed by atoms with Crippen LogP contribution in [0.15, 0.2) is 12.1 Å². The summed E-state index contributed by atoms with van der Waals surface area (Å²) in [4.78, 5) is 18.5. The van der Waals surface area contributed by atoms with Crippen LogP contribution in [-0.4, -0.2) is 28.1 Å². The van der Waals surface area contributed by atoms with E-state index in [9.17, 15) is 15.2 Å². The van der Waals surface area contributed by atoms with Crippen molar-refractivity contribution in [3.63, 3.8) is 0 Å². The molecule has 0 aliphatic carbocycles. The van der Waals surface area contributed by atoms with Gasteiger partial charge in [0.1, 0.15) is 0 Å². The minimum absolute atomic E-state index is 0.273. The molecule has 6 nitrogen and oxygen atoms in total. The number of anilines is 1. The van der Waals surface area contributed by atoms with Crippen molar-refractivity contribution in [3.05, 3.63) is 32.7 Å². The Balaban J connectivity index is 2.03. The predicted octanol–water partition coefficient (Wildman–Crippen LogP) is 4.28. The first-order chi connectivity index (χ1) is 11.4. The van der Waals surface area contributed by atoms with Gasteiger partial charge in [-0.05, 0) is 44.2 Å². The van der Waals surface area contributed by atoms with Gasteiger partial charge in [0.2, 0.25) is 5.75 Å². The Kier molecular flexibility index (Phi) is 4.45. The van der Waals surface area contributed by atoms with Crippen molar-refractivity contribution in [2.75, 3.05) is 18.0 Å². The van der Waals surface area contributed by atoms with Crippen LogP contribution < -0.4 is 4.90 Å². The first-order valence-corrected chi connectivity index (χ1v) is 8.89. The lowest BCUT2D eigenvalue weighted by Gasteiger charge is -2.30. The summed E-state index contributed by atoms with van der Waals surface area (Å²) in [7, 11) is 0. The van der Waals surface area contributed by atoms with Crippen LogP contribution in [0.4, 0.5) is 10.8 Å². The number of hydrogen-bond acceptors (Lipinski definition) is 6. The molecular weight excluding hydrogens is 326 g/mol. The monoisotopic (exact) mass is 347 g/mol. The predicted molar refractivity (Wildman–Crippen MR) is 96.0 cm³/mol. The van der Waals surface area contributed by atoms with E-state index in [-0.39, 0.29) is 11.4 Å². The number of phenolic OH excluding ortho intramolecular Hbond substituents is 1. The molecule has 0 spiro atoms. The summed E-state index contributed by atoms with van der Waals surface area (Å²) in [5.74, 6) is 0.331. The number of aromatic nitrogens is 1. The topological polar surface area (TPSA) is 79.5 Å². The Bertz CT molecular complexity index is 788. The zero-order chi connectivity index (χ0) is 17.4. The number of aryl methyl sites for hydroxylation is 2. The second kappa shape index (κ2) is 6.39. The van der Waals surface area contributed by atoms with Crippen molar-refractivity contribution in [2.24, 2.45) is 5.92 Å². The third-order valence-electron chi connectivity index (χ3n) is 4.40. The van der Waals surface area contributed by atoms with Crippen molar-refractivity contribution in [1.29, 1.82) is 0 Å². The van der Waals surface area contributed by atoms with Gasteiger partial charge in [-0.2, -0.15) is 0 Å². The second-order valence-corrected chi connectivity index (χ2v) is 7.71. The van der Waals surface area contributed by atoms with Crippen molar-refractivity contribution in [1.82, 2.24) is 4.98 Å². The number of phenols is 1. The summed E-state index contributed by atoms with van der Waals surface area (Å²) in [6, 6.07) is 3.14. The van der Waals surface area contributed by atoms with Gasteiger partial charge in [-0.25, -0.2) is 4.98 Å². The molecule has 1 aliphatic rings. The molecule has 1 atom stereocenters. The minimum atomic E-state index is -0.555. The molecule has 2 aromatic rings. The maximum Gasteiger partial charge on any atom is 0.311 e. The van der Waals surface area contributed by atoms with Crippen LogP contribution in [0.25, 0.3) is 11.3 Å². The van der Waals surface area contributed by atoms with Crippen LogP contribution >= 0.6 is 11.3 Å². The van der Waals surface area contributed by atoms with Crippen LogP contribution in [0.5, 0.6) is 5.75 Å². The molecule has 24 heavy (non-hydrogen) atoms. The molecule has 0 saturated carbocycles. The zero-order valence-electron chi connectivity index (χ0n) is 14.1. The summed E-state index contributed by atoms with van der Waals surface area (Å²) >= 11 is 1.58. The quantitative estimate of drug-likeness (QED) is 0.662. The third kappa shape index (κ3) is 3.08. The summed E-state index contributed by atoms with van der Waals surface area (Å²) in [5, 5.41) is 22.4. The molecule has 0 bridgehead atoms. The molecule has 1 aliphatic heterocycles. The van der Waals surface area contributed by atoms with Crippen molar-refractivity contribution >= 4 is 22.2 Å². The van der Waals surface area contributed by atoms with E-state index in [1.165, 1.54) is 12.5 Å². The van der Waals surface area contributed by atoms with Gasteiger partial charge in [-0.1, -0.05) is 6.92 Å². The third-order valence-corrected chi connectivity index (χ3v) is 5.43. The molecule has 1 fully saturated rings. The molecule has 1 aromatic heterocycles. The number of hydrogen-bond donors (Lipinski definition) is 1. The number of nitro benzene ring substituents is 1. The van der Waals surface area contributed by atoms with Crippen LogP contribution in [0, 0.1) is 29.9 Å². The van der Waals surface area contributed by atoms with Gasteiger partial charge in [0, 0.05) is 24.0 Å². The Morgan fingerprint density at radius 2 is 2.17 bits per heavy atom. The van der Waals surface area contributed by atoms with Gasteiger partial charge in [0.25, 0.3) is 0 Å². The van der Waals surface area contributed by atoms with E-state index < -0.39 is 4.92 Å². The molecule has 2 heterocycles. The lowest BCUT2D eigenvalue weighted by molar-refractivity contribution is -0.385. The fourth-order valence-corrected chi connectivity index (χ4v) is 4.17. The average Bonchev–Trinajstić information content (AvgIpc) is 2.91. The van der Waals surface area contributed by atoms with E-state index >= 15 is 0 Å². The van der Waals surface area contributed by atoms with Gasteiger partial charge in [-0.3, -0.25) is 10.1 Å². The minimum Gasteiger partial charge on any atom is -0.502 e. The van der Waals surface area contributed by atoms with Gasteiger partial charge in [0.05, 0.1) is 16.2 Å². The number of thiazole rings is 1. The Morgan fingerprint density at radius 1 is 1.42 bits per heavy atom. The maximum atomic E-state index is 11.2. The number of benzene rings is 1. The molecular formula is C17H21N3O3S. The Morgan fingerprint density at radius 3 is 2.83 bits per heavy atom. The first kappa shape index (κ1) is 16.7. The van der Waals surface area contributed by atoms with E-state index in [4.69, 9.17) is 4.98 Å². The normalized spacial score (nSPS) is 18.0. The molecule has 0 radical (unpaired) electrons. The summed E-state index contributed by atoms with van der Waals surface area (Å²) in [5.41, 5.74) is 1.53. The number of nitrogens with zero attached hydrogens (tertiary/aromatic N) is 3. The van der Waals surface area contributed by atoms with E-state index in [0.717, 1.165) is 35.1 Å². The fourth-order valence-electron chi connectivity index (χ4n) is 3.21. The van der Waals surface area contributed by atoms with Gasteiger partial charge >= 0.3 is 5.69 Å². The highest BCUT2D eigenvalue weighted by Crippen LogP contribution is 2.42. The number of piperidine rings is 1. The van der Waals surface area contributed by atoms with Crippen LogP contribution in [-0.2, 0) is 0 Å². The Hall–Kier alpha value is -2.15. The largest absolute Gasteiger partial charge is 0.502 e. The zero-order valence-corrected chi connectivity index (χ0v) is 14.9. The molecule has 1 N–H and O–H groups in total. The van der Waals surface area contributed by atoms with E-state index in [2.05, 4.69) is 11.8 Å². The highest BCUT2D eigenvalue weighted by atomic mass is 32.1. The van der Waals surface area contributed by atoms with Crippen LogP contribution in [0.1, 0.15) is 30.2 Å². The van der Waals surface area contributed by atoms with Crippen molar-refractivity contribution in [3.8, 4) is 17.0 Å². The summed E-state index contributed by atoms with van der Waals surface area (Å²) < 4.78 is 0. The molecule has 0 unspecified atom stereocenters. The van der Waals surface area contributed by atoms with E-state index in [0.29, 0.717) is 17.2 Å². The molecule has 128 valence electrons. The smallest absolute Gasteiger partial charge is 0.311 e. The molecule has 7 heteroatoms. The number of nitro groups is 1. The second-order valence-electron chi connectivity index (χ2n) is 6.53. The van der Waals surface area contributed by atoms with Gasteiger partial charge < -0.3 is 10.0 Å². The lowest BCUT2D eigenvalue weighted by Crippen LogP contribution is -2.34. The van der Waals surface area contributed by atoms with Gasteiger partial charge in [0.15, 0.2) is 5.13 Å². The lowest BCUT2D eigenvalue weighted by atomic mass is 10.0. The number of rotatable bonds is 3. The molecule has 0 amide bonds. The average molecular weight is 347 g/mol. The van der Waals surface area contributed by atoms with Crippen molar-refractivity contribution < 1.29 is 10.0 Å². The SMILES string of the molecule is Cc1cc(-c2nc(N3CCC[C@H](C)C3)sc2C)c(O)c([N+](=O)[O-])c1. The molecule has 1 aromatic carbocycles. The summed E-state index contributed by atoms with van der Waals surface area (Å²) in [6.45, 7) is 7.93. The standard InChI is InChI=1S/C17H21N3O3S/c1-10-5-4-6-19(9-10)17-18-15(12(3)24-17)13-7-11(2)8-14(16(13)21)20(22)23/h7-8,10,21H,4-6,9H2,1-3H3/t10-/m0/s1. The molecule has 3 rings (SSSR count). The first-order valence-electron chi connectivity index (χ1n) is 8.07.